The molecule has 2 fully saturated rings. The number of fused-ring (bicyclic) bond motifs is 1. The minimum Gasteiger partial charge on any atom is -0.352 e. The summed E-state index contributed by atoms with van der Waals surface area (Å²) in [4.78, 5) is 38.8. The van der Waals surface area contributed by atoms with Crippen molar-refractivity contribution in [3.8, 4) is 0 Å². The van der Waals surface area contributed by atoms with Crippen LogP contribution in [0.3, 0.4) is 0 Å². The lowest BCUT2D eigenvalue weighted by atomic mass is 10.1. The van der Waals surface area contributed by atoms with Crippen LogP contribution >= 0.6 is 0 Å². The van der Waals surface area contributed by atoms with Crippen LogP contribution in [0.1, 0.15) is 23.7 Å². The summed E-state index contributed by atoms with van der Waals surface area (Å²) < 4.78 is 26.8. The van der Waals surface area contributed by atoms with Gasteiger partial charge in [-0.3, -0.25) is 14.4 Å². The minimum atomic E-state index is -0.947. The van der Waals surface area contributed by atoms with Crippen molar-refractivity contribution in [2.75, 3.05) is 19.6 Å². The van der Waals surface area contributed by atoms with Crippen molar-refractivity contribution < 1.29 is 23.2 Å². The van der Waals surface area contributed by atoms with Gasteiger partial charge in [0.15, 0.2) is 0 Å². The van der Waals surface area contributed by atoms with Crippen LogP contribution in [-0.2, 0) is 9.59 Å². The predicted octanol–water partition coefficient (Wildman–Crippen LogP) is 0.526. The van der Waals surface area contributed by atoms with Gasteiger partial charge in [-0.15, -0.1) is 0 Å². The predicted molar refractivity (Wildman–Crippen MR) is 80.0 cm³/mol. The van der Waals surface area contributed by atoms with Gasteiger partial charge in [-0.25, -0.2) is 8.78 Å². The second-order valence-corrected chi connectivity index (χ2v) is 6.14. The number of rotatable bonds is 2. The van der Waals surface area contributed by atoms with Crippen LogP contribution < -0.4 is 5.32 Å². The number of hydrogen-bond donors (Lipinski definition) is 1. The summed E-state index contributed by atoms with van der Waals surface area (Å²) in [6.07, 6.45) is 0.543. The second-order valence-electron chi connectivity index (χ2n) is 6.14. The highest BCUT2D eigenvalue weighted by molar-refractivity contribution is 5.97. The summed E-state index contributed by atoms with van der Waals surface area (Å²) in [5.41, 5.74) is -0.256. The summed E-state index contributed by atoms with van der Waals surface area (Å²) in [5, 5.41) is 2.77. The number of nitrogens with zero attached hydrogens (tertiary/aromatic N) is 2. The zero-order valence-electron chi connectivity index (χ0n) is 13.1. The van der Waals surface area contributed by atoms with Crippen LogP contribution in [0.4, 0.5) is 8.78 Å². The number of carbonyl (C=O) groups excluding carboxylic acids is 3. The third kappa shape index (κ3) is 3.08. The molecule has 1 N–H and O–H groups in total. The highest BCUT2D eigenvalue weighted by atomic mass is 19.1. The maximum absolute atomic E-state index is 13.8. The second kappa shape index (κ2) is 6.18. The summed E-state index contributed by atoms with van der Waals surface area (Å²) >= 11 is 0. The van der Waals surface area contributed by atoms with E-state index in [0.717, 1.165) is 12.1 Å². The van der Waals surface area contributed by atoms with E-state index in [0.29, 0.717) is 19.0 Å². The Morgan fingerprint density at radius 1 is 1.25 bits per heavy atom. The van der Waals surface area contributed by atoms with Crippen LogP contribution in [0.15, 0.2) is 18.2 Å². The first-order valence-corrected chi connectivity index (χ1v) is 7.66. The van der Waals surface area contributed by atoms with Crippen LogP contribution in [0.5, 0.6) is 0 Å². The maximum atomic E-state index is 13.8. The molecule has 6 nitrogen and oxygen atoms in total. The van der Waals surface area contributed by atoms with E-state index >= 15 is 0 Å². The van der Waals surface area contributed by atoms with E-state index in [9.17, 15) is 23.2 Å². The third-order valence-corrected chi connectivity index (χ3v) is 4.35. The highest BCUT2D eigenvalue weighted by Gasteiger charge is 2.42. The van der Waals surface area contributed by atoms with E-state index in [1.54, 1.807) is 4.90 Å². The Labute approximate surface area is 137 Å². The standard InChI is InChI=1S/C16H17F2N3O3/c1-9(22)19-11-5-12-7-20(8-15(23)21(12)6-11)16(24)13-3-2-10(17)4-14(13)18/h2-4,11-12H,5-8H2,1H3,(H,19,22)/t11-,12-/m0/s1. The molecule has 0 saturated carbocycles. The van der Waals surface area contributed by atoms with Crippen molar-refractivity contribution in [2.24, 2.45) is 0 Å². The third-order valence-electron chi connectivity index (χ3n) is 4.35. The van der Waals surface area contributed by atoms with Gasteiger partial charge in [0.25, 0.3) is 5.91 Å². The molecule has 24 heavy (non-hydrogen) atoms. The van der Waals surface area contributed by atoms with Gasteiger partial charge in [0.1, 0.15) is 18.2 Å². The lowest BCUT2D eigenvalue weighted by Gasteiger charge is -2.36. The van der Waals surface area contributed by atoms with Crippen molar-refractivity contribution >= 4 is 17.7 Å². The fourth-order valence-corrected chi connectivity index (χ4v) is 3.35. The SMILES string of the molecule is CC(=O)N[C@H]1C[C@H]2CN(C(=O)c3ccc(F)cc3F)CC(=O)N2C1. The molecule has 1 aromatic carbocycles. The molecule has 0 bridgehead atoms. The van der Waals surface area contributed by atoms with Crippen molar-refractivity contribution in [3.05, 3.63) is 35.4 Å². The molecular weight excluding hydrogens is 320 g/mol. The van der Waals surface area contributed by atoms with E-state index in [2.05, 4.69) is 5.32 Å². The Hall–Kier alpha value is -2.51. The summed E-state index contributed by atoms with van der Waals surface area (Å²) in [5.74, 6) is -2.76. The van der Waals surface area contributed by atoms with Gasteiger partial charge in [-0.05, 0) is 18.6 Å². The van der Waals surface area contributed by atoms with E-state index in [1.165, 1.54) is 11.8 Å². The molecule has 0 unspecified atom stereocenters. The van der Waals surface area contributed by atoms with Gasteiger partial charge in [0.05, 0.1) is 11.6 Å². The molecule has 2 heterocycles. The maximum Gasteiger partial charge on any atom is 0.257 e. The van der Waals surface area contributed by atoms with Gasteiger partial charge in [-0.1, -0.05) is 0 Å². The van der Waals surface area contributed by atoms with Gasteiger partial charge in [0, 0.05) is 32.1 Å². The first-order valence-electron chi connectivity index (χ1n) is 7.66. The Balaban J connectivity index is 1.74. The smallest absolute Gasteiger partial charge is 0.257 e. The number of hydrogen-bond acceptors (Lipinski definition) is 3. The number of benzene rings is 1. The van der Waals surface area contributed by atoms with E-state index < -0.39 is 17.5 Å². The van der Waals surface area contributed by atoms with E-state index in [-0.39, 0.29) is 42.6 Å². The highest BCUT2D eigenvalue weighted by Crippen LogP contribution is 2.24. The number of amides is 3. The zero-order valence-corrected chi connectivity index (χ0v) is 13.1. The summed E-state index contributed by atoms with van der Waals surface area (Å²) in [7, 11) is 0. The zero-order chi connectivity index (χ0) is 17.4. The lowest BCUT2D eigenvalue weighted by molar-refractivity contribution is -0.136. The summed E-state index contributed by atoms with van der Waals surface area (Å²) in [6, 6.07) is 2.38. The normalized spacial score (nSPS) is 23.2. The molecule has 3 amide bonds. The van der Waals surface area contributed by atoms with E-state index in [1.807, 2.05) is 0 Å². The lowest BCUT2D eigenvalue weighted by Crippen LogP contribution is -2.55. The number of halogens is 2. The Bertz CT molecular complexity index is 710. The molecule has 2 aliphatic heterocycles. The first kappa shape index (κ1) is 16.4. The van der Waals surface area contributed by atoms with Crippen LogP contribution in [0, 0.1) is 11.6 Å². The van der Waals surface area contributed by atoms with Crippen LogP contribution in [-0.4, -0.2) is 59.2 Å². The van der Waals surface area contributed by atoms with Crippen LogP contribution in [0.25, 0.3) is 0 Å². The fourth-order valence-electron chi connectivity index (χ4n) is 3.35. The Morgan fingerprint density at radius 2 is 2.00 bits per heavy atom. The molecule has 2 atom stereocenters. The molecule has 0 spiro atoms. The largest absolute Gasteiger partial charge is 0.352 e. The molecule has 128 valence electrons. The van der Waals surface area contributed by atoms with Gasteiger partial charge >= 0.3 is 0 Å². The topological polar surface area (TPSA) is 69.7 Å². The monoisotopic (exact) mass is 337 g/mol. The molecule has 8 heteroatoms. The first-order chi connectivity index (χ1) is 11.3. The average molecular weight is 337 g/mol. The molecule has 2 aliphatic rings. The minimum absolute atomic E-state index is 0.144. The van der Waals surface area contributed by atoms with Crippen molar-refractivity contribution in [2.45, 2.75) is 25.4 Å². The average Bonchev–Trinajstić information content (AvgIpc) is 2.88. The summed E-state index contributed by atoms with van der Waals surface area (Å²) in [6.45, 7) is 1.93. The van der Waals surface area contributed by atoms with Gasteiger partial charge in [-0.2, -0.15) is 0 Å². The van der Waals surface area contributed by atoms with Crippen molar-refractivity contribution in [1.82, 2.24) is 15.1 Å². The Morgan fingerprint density at radius 3 is 2.67 bits per heavy atom. The molecule has 3 rings (SSSR count). The van der Waals surface area contributed by atoms with Gasteiger partial charge in [0.2, 0.25) is 11.8 Å². The molecule has 2 saturated heterocycles. The van der Waals surface area contributed by atoms with Gasteiger partial charge < -0.3 is 15.1 Å². The van der Waals surface area contributed by atoms with E-state index in [4.69, 9.17) is 0 Å². The van der Waals surface area contributed by atoms with Crippen molar-refractivity contribution in [1.29, 1.82) is 0 Å². The Kier molecular flexibility index (Phi) is 4.21. The quantitative estimate of drug-likeness (QED) is 0.856. The molecule has 0 radical (unpaired) electrons. The molecular formula is C16H17F2N3O3. The van der Waals surface area contributed by atoms with Crippen molar-refractivity contribution in [3.63, 3.8) is 0 Å². The molecule has 0 aromatic heterocycles. The number of piperazine rings is 1. The number of carbonyl (C=O) groups is 3. The number of nitrogens with one attached hydrogen (secondary N) is 1. The molecule has 0 aliphatic carbocycles. The fraction of sp³-hybridized carbons (Fsp3) is 0.438. The molecule has 1 aromatic rings. The van der Waals surface area contributed by atoms with Crippen LogP contribution in [0.2, 0.25) is 0 Å².